The van der Waals surface area contributed by atoms with Crippen molar-refractivity contribution >= 4 is 15.9 Å². The summed E-state index contributed by atoms with van der Waals surface area (Å²) in [5.74, 6) is 0. The van der Waals surface area contributed by atoms with Crippen LogP contribution in [0.2, 0.25) is 0 Å². The van der Waals surface area contributed by atoms with Crippen molar-refractivity contribution in [2.75, 3.05) is 19.8 Å². The number of likely N-dealkylation sites (N-methyl/N-ethyl adjacent to an activating group) is 1. The van der Waals surface area contributed by atoms with Crippen LogP contribution in [0.4, 0.5) is 0 Å². The van der Waals surface area contributed by atoms with E-state index in [0.717, 1.165) is 12.1 Å². The van der Waals surface area contributed by atoms with Crippen LogP contribution in [0.1, 0.15) is 5.56 Å². The van der Waals surface area contributed by atoms with Crippen molar-refractivity contribution in [2.24, 2.45) is 0 Å². The molecule has 0 aliphatic heterocycles. The summed E-state index contributed by atoms with van der Waals surface area (Å²) >= 11 is 0. The number of nitrogens with one attached hydrogen (secondary N) is 1. The SMILES string of the molecule is CNC/C=C/c1ccccc1S(C)(=O)=O. The molecule has 0 saturated heterocycles. The number of sulfone groups is 1. The maximum Gasteiger partial charge on any atom is 0.176 e. The molecule has 1 rings (SSSR count). The third-order valence-electron chi connectivity index (χ3n) is 1.94. The molecule has 0 atom stereocenters. The molecular formula is C11H15NO2S. The fraction of sp³-hybridized carbons (Fsp3) is 0.273. The standard InChI is InChI=1S/C11H15NO2S/c1-12-9-5-7-10-6-3-4-8-11(10)15(2,13)14/h3-8,12H,9H2,1-2H3/b7-5+. The maximum absolute atomic E-state index is 11.4. The predicted octanol–water partition coefficient (Wildman–Crippen LogP) is 1.32. The van der Waals surface area contributed by atoms with Crippen molar-refractivity contribution in [3.63, 3.8) is 0 Å². The van der Waals surface area contributed by atoms with Gasteiger partial charge in [-0.3, -0.25) is 0 Å². The van der Waals surface area contributed by atoms with E-state index in [4.69, 9.17) is 0 Å². The Morgan fingerprint density at radius 3 is 2.60 bits per heavy atom. The summed E-state index contributed by atoms with van der Waals surface area (Å²) in [4.78, 5) is 0.373. The van der Waals surface area contributed by atoms with Gasteiger partial charge in [-0.05, 0) is 18.7 Å². The average molecular weight is 225 g/mol. The van der Waals surface area contributed by atoms with Gasteiger partial charge in [0, 0.05) is 12.8 Å². The highest BCUT2D eigenvalue weighted by atomic mass is 32.2. The van der Waals surface area contributed by atoms with E-state index < -0.39 is 9.84 Å². The van der Waals surface area contributed by atoms with Crippen molar-refractivity contribution in [3.05, 3.63) is 35.9 Å². The van der Waals surface area contributed by atoms with Gasteiger partial charge in [-0.1, -0.05) is 30.4 Å². The largest absolute Gasteiger partial charge is 0.316 e. The van der Waals surface area contributed by atoms with Gasteiger partial charge in [0.1, 0.15) is 0 Å². The number of rotatable bonds is 4. The molecule has 0 bridgehead atoms. The van der Waals surface area contributed by atoms with Crippen LogP contribution in [-0.2, 0) is 9.84 Å². The van der Waals surface area contributed by atoms with E-state index in [0.29, 0.717) is 4.90 Å². The zero-order chi connectivity index (χ0) is 11.3. The summed E-state index contributed by atoms with van der Waals surface area (Å²) in [6.45, 7) is 0.720. The first-order valence-electron chi connectivity index (χ1n) is 4.66. The molecule has 4 heteroatoms. The lowest BCUT2D eigenvalue weighted by Crippen LogP contribution is -2.04. The van der Waals surface area contributed by atoms with E-state index in [2.05, 4.69) is 5.32 Å². The van der Waals surface area contributed by atoms with Gasteiger partial charge in [-0.15, -0.1) is 0 Å². The van der Waals surface area contributed by atoms with Crippen molar-refractivity contribution in [1.29, 1.82) is 0 Å². The second-order valence-corrected chi connectivity index (χ2v) is 5.25. The molecule has 0 radical (unpaired) electrons. The summed E-state index contributed by atoms with van der Waals surface area (Å²) in [5, 5.41) is 2.96. The van der Waals surface area contributed by atoms with Crippen LogP contribution < -0.4 is 5.32 Å². The Hall–Kier alpha value is -1.13. The summed E-state index contributed by atoms with van der Waals surface area (Å²) in [6.07, 6.45) is 4.93. The first-order chi connectivity index (χ1) is 7.05. The van der Waals surface area contributed by atoms with E-state index in [1.807, 2.05) is 25.3 Å². The molecule has 0 unspecified atom stereocenters. The van der Waals surface area contributed by atoms with Gasteiger partial charge in [-0.2, -0.15) is 0 Å². The number of benzene rings is 1. The topological polar surface area (TPSA) is 46.2 Å². The second kappa shape index (κ2) is 5.09. The molecule has 0 amide bonds. The summed E-state index contributed by atoms with van der Waals surface area (Å²) in [7, 11) is -1.30. The molecule has 0 aliphatic carbocycles. The van der Waals surface area contributed by atoms with Gasteiger partial charge in [0.2, 0.25) is 0 Å². The molecule has 1 aromatic rings. The quantitative estimate of drug-likeness (QED) is 0.840. The van der Waals surface area contributed by atoms with Crippen molar-refractivity contribution < 1.29 is 8.42 Å². The van der Waals surface area contributed by atoms with Gasteiger partial charge in [0.05, 0.1) is 4.90 Å². The zero-order valence-corrected chi connectivity index (χ0v) is 9.71. The minimum absolute atomic E-state index is 0.373. The molecular weight excluding hydrogens is 210 g/mol. The van der Waals surface area contributed by atoms with Crippen molar-refractivity contribution in [3.8, 4) is 0 Å². The summed E-state index contributed by atoms with van der Waals surface area (Å²) in [5.41, 5.74) is 0.732. The lowest BCUT2D eigenvalue weighted by Gasteiger charge is -2.02. The van der Waals surface area contributed by atoms with E-state index in [9.17, 15) is 8.42 Å². The van der Waals surface area contributed by atoms with Gasteiger partial charge in [0.25, 0.3) is 0 Å². The Labute approximate surface area is 90.7 Å². The van der Waals surface area contributed by atoms with Gasteiger partial charge in [0.15, 0.2) is 9.84 Å². The zero-order valence-electron chi connectivity index (χ0n) is 8.90. The van der Waals surface area contributed by atoms with Crippen LogP contribution in [0.5, 0.6) is 0 Å². The van der Waals surface area contributed by atoms with E-state index in [1.54, 1.807) is 18.2 Å². The number of hydrogen-bond acceptors (Lipinski definition) is 3. The molecule has 0 aromatic heterocycles. The molecule has 0 aliphatic rings. The first kappa shape index (κ1) is 11.9. The minimum atomic E-state index is -3.14. The molecule has 0 fully saturated rings. The highest BCUT2D eigenvalue weighted by Crippen LogP contribution is 2.16. The minimum Gasteiger partial charge on any atom is -0.316 e. The number of hydrogen-bond donors (Lipinski definition) is 1. The van der Waals surface area contributed by atoms with Crippen LogP contribution in [0.3, 0.4) is 0 Å². The molecule has 82 valence electrons. The van der Waals surface area contributed by atoms with Crippen molar-refractivity contribution in [2.45, 2.75) is 4.90 Å². The average Bonchev–Trinajstić information content (AvgIpc) is 2.17. The van der Waals surface area contributed by atoms with Gasteiger partial charge >= 0.3 is 0 Å². The monoisotopic (exact) mass is 225 g/mol. The Kier molecular flexibility index (Phi) is 4.05. The lowest BCUT2D eigenvalue weighted by atomic mass is 10.2. The van der Waals surface area contributed by atoms with Crippen LogP contribution in [0.15, 0.2) is 35.2 Å². The third-order valence-corrected chi connectivity index (χ3v) is 3.11. The van der Waals surface area contributed by atoms with Crippen LogP contribution in [0, 0.1) is 0 Å². The predicted molar refractivity (Wildman–Crippen MR) is 62.5 cm³/mol. The fourth-order valence-electron chi connectivity index (χ4n) is 1.26. The second-order valence-electron chi connectivity index (χ2n) is 3.27. The molecule has 0 heterocycles. The molecule has 3 nitrogen and oxygen atoms in total. The Morgan fingerprint density at radius 1 is 1.33 bits per heavy atom. The van der Waals surface area contributed by atoms with Crippen LogP contribution in [0.25, 0.3) is 6.08 Å². The molecule has 0 spiro atoms. The maximum atomic E-state index is 11.4. The lowest BCUT2D eigenvalue weighted by molar-refractivity contribution is 0.601. The third kappa shape index (κ3) is 3.49. The fourth-order valence-corrected chi connectivity index (χ4v) is 2.15. The Balaban J connectivity index is 3.08. The normalized spacial score (nSPS) is 12.1. The van der Waals surface area contributed by atoms with Crippen LogP contribution in [-0.4, -0.2) is 28.3 Å². The molecule has 15 heavy (non-hydrogen) atoms. The Bertz CT molecular complexity index is 449. The van der Waals surface area contributed by atoms with E-state index in [-0.39, 0.29) is 0 Å². The van der Waals surface area contributed by atoms with Crippen molar-refractivity contribution in [1.82, 2.24) is 5.32 Å². The summed E-state index contributed by atoms with van der Waals surface area (Å²) in [6, 6.07) is 6.97. The van der Waals surface area contributed by atoms with Crippen LogP contribution >= 0.6 is 0 Å². The summed E-state index contributed by atoms with van der Waals surface area (Å²) < 4.78 is 22.9. The van der Waals surface area contributed by atoms with E-state index >= 15 is 0 Å². The highest BCUT2D eigenvalue weighted by molar-refractivity contribution is 7.90. The first-order valence-corrected chi connectivity index (χ1v) is 6.55. The smallest absolute Gasteiger partial charge is 0.176 e. The Morgan fingerprint density at radius 2 is 2.00 bits per heavy atom. The highest BCUT2D eigenvalue weighted by Gasteiger charge is 2.09. The molecule has 0 saturated carbocycles. The van der Waals surface area contributed by atoms with Gasteiger partial charge < -0.3 is 5.32 Å². The molecule has 1 N–H and O–H groups in total. The van der Waals surface area contributed by atoms with Gasteiger partial charge in [-0.25, -0.2) is 8.42 Å². The van der Waals surface area contributed by atoms with E-state index in [1.165, 1.54) is 6.26 Å². The molecule has 1 aromatic carbocycles.